The van der Waals surface area contributed by atoms with Crippen LogP contribution in [0.25, 0.3) is 0 Å². The molecule has 2 rings (SSSR count). The van der Waals surface area contributed by atoms with E-state index >= 15 is 0 Å². The van der Waals surface area contributed by atoms with Gasteiger partial charge < -0.3 is 15.4 Å². The summed E-state index contributed by atoms with van der Waals surface area (Å²) in [5.41, 5.74) is 0. The molecule has 0 aliphatic heterocycles. The first kappa shape index (κ1) is 23.2. The van der Waals surface area contributed by atoms with E-state index in [1.54, 1.807) is 24.4 Å². The average molecular weight is 489 g/mol. The maximum absolute atomic E-state index is 13.6. The molecule has 0 radical (unpaired) electrons. The Balaban J connectivity index is 0.00000364. The van der Waals surface area contributed by atoms with Gasteiger partial charge in [0.15, 0.2) is 17.5 Å². The zero-order valence-electron chi connectivity index (χ0n) is 16.1. The molecule has 1 aromatic heterocycles. The van der Waals surface area contributed by atoms with Crippen LogP contribution in [0.5, 0.6) is 5.75 Å². The van der Waals surface area contributed by atoms with Crippen LogP contribution >= 0.6 is 24.0 Å². The number of benzene rings is 1. The maximum Gasteiger partial charge on any atom is 0.191 e. The highest BCUT2D eigenvalue weighted by molar-refractivity contribution is 14.0. The van der Waals surface area contributed by atoms with Crippen LogP contribution in [0.1, 0.15) is 20.8 Å². The van der Waals surface area contributed by atoms with E-state index in [0.717, 1.165) is 19.0 Å². The highest BCUT2D eigenvalue weighted by atomic mass is 127. The van der Waals surface area contributed by atoms with Gasteiger partial charge in [-0.15, -0.1) is 24.0 Å². The topological polar surface area (TPSA) is 63.5 Å². The fourth-order valence-corrected chi connectivity index (χ4v) is 2.41. The van der Waals surface area contributed by atoms with Crippen LogP contribution in [-0.4, -0.2) is 41.5 Å². The third-order valence-corrected chi connectivity index (χ3v) is 3.68. The van der Waals surface area contributed by atoms with Crippen molar-refractivity contribution in [2.45, 2.75) is 33.4 Å². The zero-order chi connectivity index (χ0) is 18.8. The van der Waals surface area contributed by atoms with E-state index in [0.29, 0.717) is 19.0 Å². The van der Waals surface area contributed by atoms with Gasteiger partial charge in [-0.3, -0.25) is 9.67 Å². The quantitative estimate of drug-likeness (QED) is 0.323. The molecule has 2 N–H and O–H groups in total. The van der Waals surface area contributed by atoms with Gasteiger partial charge >= 0.3 is 0 Å². The fourth-order valence-electron chi connectivity index (χ4n) is 2.41. The number of hydrogen-bond donors (Lipinski definition) is 2. The lowest BCUT2D eigenvalue weighted by Crippen LogP contribution is -2.42. The van der Waals surface area contributed by atoms with Crippen LogP contribution < -0.4 is 15.4 Å². The molecule has 0 saturated carbocycles. The van der Waals surface area contributed by atoms with Gasteiger partial charge in [-0.25, -0.2) is 4.39 Å². The number of aliphatic imine (C=N–C) groups is 1. The van der Waals surface area contributed by atoms with Crippen LogP contribution in [0, 0.1) is 11.7 Å². The van der Waals surface area contributed by atoms with E-state index in [1.807, 2.05) is 30.8 Å². The molecule has 0 aliphatic carbocycles. The first-order valence-corrected chi connectivity index (χ1v) is 8.99. The number of para-hydroxylation sites is 1. The van der Waals surface area contributed by atoms with Crippen molar-refractivity contribution in [1.29, 1.82) is 0 Å². The van der Waals surface area contributed by atoms with Crippen molar-refractivity contribution in [3.05, 3.63) is 48.5 Å². The number of hydrogen-bond acceptors (Lipinski definition) is 3. The van der Waals surface area contributed by atoms with Crippen LogP contribution in [0.15, 0.2) is 47.7 Å². The molecule has 2 atom stereocenters. The third kappa shape index (κ3) is 8.59. The zero-order valence-corrected chi connectivity index (χ0v) is 18.4. The molecule has 0 aliphatic rings. The molecule has 0 amide bonds. The summed E-state index contributed by atoms with van der Waals surface area (Å²) in [5.74, 6) is 0.991. The number of aromatic nitrogens is 2. The molecule has 2 unspecified atom stereocenters. The molecular formula is C19H29FIN5O. The predicted octanol–water partition coefficient (Wildman–Crippen LogP) is 3.30. The second-order valence-electron chi connectivity index (χ2n) is 6.29. The van der Waals surface area contributed by atoms with Crippen molar-refractivity contribution in [1.82, 2.24) is 20.4 Å². The molecule has 8 heteroatoms. The SMILES string of the molecule is CCNC(=NCC(C)Cn1cccn1)NCC(C)Oc1ccccc1F.I. The summed E-state index contributed by atoms with van der Waals surface area (Å²) in [6.07, 6.45) is 3.53. The van der Waals surface area contributed by atoms with E-state index < -0.39 is 0 Å². The van der Waals surface area contributed by atoms with E-state index in [4.69, 9.17) is 4.74 Å². The summed E-state index contributed by atoms with van der Waals surface area (Å²) in [6.45, 7) is 8.84. The molecule has 0 spiro atoms. The molecule has 150 valence electrons. The third-order valence-electron chi connectivity index (χ3n) is 3.68. The number of ether oxygens (including phenoxy) is 1. The van der Waals surface area contributed by atoms with E-state index in [1.165, 1.54) is 6.07 Å². The van der Waals surface area contributed by atoms with Crippen molar-refractivity contribution in [3.63, 3.8) is 0 Å². The van der Waals surface area contributed by atoms with Gasteiger partial charge in [0.2, 0.25) is 0 Å². The number of nitrogens with zero attached hydrogens (tertiary/aromatic N) is 3. The molecule has 0 saturated heterocycles. The molecule has 1 aromatic carbocycles. The van der Waals surface area contributed by atoms with E-state index in [-0.39, 0.29) is 41.6 Å². The van der Waals surface area contributed by atoms with Gasteiger partial charge in [0.05, 0.1) is 6.54 Å². The summed E-state index contributed by atoms with van der Waals surface area (Å²) in [6, 6.07) is 8.33. The lowest BCUT2D eigenvalue weighted by Gasteiger charge is -2.18. The Kier molecular flexibility index (Phi) is 10.8. The van der Waals surface area contributed by atoms with Gasteiger partial charge in [0.1, 0.15) is 6.10 Å². The Labute approximate surface area is 177 Å². The van der Waals surface area contributed by atoms with Gasteiger partial charge in [-0.1, -0.05) is 19.1 Å². The van der Waals surface area contributed by atoms with Crippen molar-refractivity contribution < 1.29 is 9.13 Å². The second kappa shape index (κ2) is 12.5. The van der Waals surface area contributed by atoms with Crippen molar-refractivity contribution in [2.75, 3.05) is 19.6 Å². The van der Waals surface area contributed by atoms with Crippen molar-refractivity contribution in [2.24, 2.45) is 10.9 Å². The second-order valence-corrected chi connectivity index (χ2v) is 6.29. The monoisotopic (exact) mass is 489 g/mol. The van der Waals surface area contributed by atoms with Crippen molar-refractivity contribution in [3.8, 4) is 5.75 Å². The first-order valence-electron chi connectivity index (χ1n) is 8.99. The minimum Gasteiger partial charge on any atom is -0.486 e. The maximum atomic E-state index is 13.6. The van der Waals surface area contributed by atoms with Crippen LogP contribution in [0.4, 0.5) is 4.39 Å². The van der Waals surface area contributed by atoms with E-state index in [9.17, 15) is 4.39 Å². The predicted molar refractivity (Wildman–Crippen MR) is 117 cm³/mol. The molecule has 2 aromatic rings. The van der Waals surface area contributed by atoms with Gasteiger partial charge in [0, 0.05) is 32.0 Å². The molecule has 0 fully saturated rings. The molecule has 6 nitrogen and oxygen atoms in total. The fraction of sp³-hybridized carbons (Fsp3) is 0.474. The first-order chi connectivity index (χ1) is 12.6. The number of rotatable bonds is 9. The van der Waals surface area contributed by atoms with Gasteiger partial charge in [-0.05, 0) is 38.0 Å². The smallest absolute Gasteiger partial charge is 0.191 e. The molecule has 0 bridgehead atoms. The molecule has 27 heavy (non-hydrogen) atoms. The normalized spacial score (nSPS) is 13.4. The average Bonchev–Trinajstić information content (AvgIpc) is 3.12. The largest absolute Gasteiger partial charge is 0.486 e. The Morgan fingerprint density at radius 1 is 1.26 bits per heavy atom. The Morgan fingerprint density at radius 3 is 2.70 bits per heavy atom. The van der Waals surface area contributed by atoms with Gasteiger partial charge in [0.25, 0.3) is 0 Å². The van der Waals surface area contributed by atoms with Crippen LogP contribution in [0.3, 0.4) is 0 Å². The number of guanidine groups is 1. The standard InChI is InChI=1S/C19H28FN5O.HI/c1-4-21-19(22-12-15(2)14-25-11-7-10-24-25)23-13-16(3)26-18-9-6-5-8-17(18)20;/h5-11,15-16H,4,12-14H2,1-3H3,(H2,21,22,23);1H. The van der Waals surface area contributed by atoms with E-state index in [2.05, 4.69) is 27.6 Å². The summed E-state index contributed by atoms with van der Waals surface area (Å²) >= 11 is 0. The Morgan fingerprint density at radius 2 is 2.04 bits per heavy atom. The highest BCUT2D eigenvalue weighted by Gasteiger charge is 2.09. The lowest BCUT2D eigenvalue weighted by atomic mass is 10.2. The summed E-state index contributed by atoms with van der Waals surface area (Å²) in [4.78, 5) is 4.61. The summed E-state index contributed by atoms with van der Waals surface area (Å²) in [7, 11) is 0. The van der Waals surface area contributed by atoms with Crippen LogP contribution in [-0.2, 0) is 6.54 Å². The highest BCUT2D eigenvalue weighted by Crippen LogP contribution is 2.16. The summed E-state index contributed by atoms with van der Waals surface area (Å²) < 4.78 is 21.2. The van der Waals surface area contributed by atoms with Gasteiger partial charge in [-0.2, -0.15) is 5.10 Å². The van der Waals surface area contributed by atoms with Crippen LogP contribution in [0.2, 0.25) is 0 Å². The number of halogens is 2. The minimum atomic E-state index is -0.354. The molecule has 1 heterocycles. The lowest BCUT2D eigenvalue weighted by molar-refractivity contribution is 0.214. The number of nitrogens with one attached hydrogen (secondary N) is 2. The molecular weight excluding hydrogens is 460 g/mol. The minimum absolute atomic E-state index is 0. The van der Waals surface area contributed by atoms with Crippen molar-refractivity contribution >= 4 is 29.9 Å². The Bertz CT molecular complexity index is 680. The Hall–Kier alpha value is -1.84. The summed E-state index contributed by atoms with van der Waals surface area (Å²) in [5, 5.41) is 10.7.